The molecule has 2 bridgehead atoms. The molecule has 25 heavy (non-hydrogen) atoms. The van der Waals surface area contributed by atoms with Gasteiger partial charge in [0.05, 0.1) is 24.5 Å². The third-order valence-electron chi connectivity index (χ3n) is 6.02. The Morgan fingerprint density at radius 1 is 1.24 bits per heavy atom. The van der Waals surface area contributed by atoms with Gasteiger partial charge in [0.1, 0.15) is 6.61 Å². The van der Waals surface area contributed by atoms with E-state index in [1.54, 1.807) is 12.4 Å². The fourth-order valence-electron chi connectivity index (χ4n) is 5.01. The second-order valence-electron chi connectivity index (χ2n) is 7.42. The van der Waals surface area contributed by atoms with Crippen molar-refractivity contribution < 1.29 is 9.84 Å². The topological polar surface area (TPSA) is 58.5 Å². The molecule has 5 nitrogen and oxygen atoms in total. The van der Waals surface area contributed by atoms with Crippen molar-refractivity contribution in [1.29, 1.82) is 0 Å². The molecule has 0 radical (unpaired) electrons. The highest BCUT2D eigenvalue weighted by atomic mass is 35.5. The number of anilines is 1. The molecule has 1 aromatic heterocycles. The molecule has 3 fully saturated rings. The highest BCUT2D eigenvalue weighted by molar-refractivity contribution is 6.30. The summed E-state index contributed by atoms with van der Waals surface area (Å²) >= 11 is 6.01. The highest BCUT2D eigenvalue weighted by Crippen LogP contribution is 2.55. The van der Waals surface area contributed by atoms with Crippen LogP contribution in [0.15, 0.2) is 36.7 Å². The van der Waals surface area contributed by atoms with Crippen molar-refractivity contribution in [3.8, 4) is 5.88 Å². The predicted octanol–water partition coefficient (Wildman–Crippen LogP) is 2.91. The van der Waals surface area contributed by atoms with Gasteiger partial charge in [-0.3, -0.25) is 4.98 Å². The quantitative estimate of drug-likeness (QED) is 0.911. The number of halogens is 1. The van der Waals surface area contributed by atoms with Crippen LogP contribution in [0.4, 0.5) is 5.82 Å². The second kappa shape index (κ2) is 5.85. The van der Waals surface area contributed by atoms with Gasteiger partial charge in [0.15, 0.2) is 5.82 Å². The molecule has 5 unspecified atom stereocenters. The molecule has 2 aliphatic carbocycles. The fourth-order valence-corrected chi connectivity index (χ4v) is 5.22. The number of hydrogen-bond acceptors (Lipinski definition) is 5. The maximum atomic E-state index is 10.6. The minimum absolute atomic E-state index is 0.196. The standard InChI is InChI=1S/C19H20ClN3O2/c20-14-3-1-2-11(4-14)10-25-17-8-21-7-16(22-17)23-9-13-5-12-6-15(13)18(23)19(12)24/h1-4,7-8,12-13,15,18-19,24H,5-6,9-10H2. The third kappa shape index (κ3) is 2.57. The van der Waals surface area contributed by atoms with Gasteiger partial charge in [-0.25, -0.2) is 0 Å². The monoisotopic (exact) mass is 357 g/mol. The maximum absolute atomic E-state index is 10.6. The zero-order valence-corrected chi connectivity index (χ0v) is 14.5. The largest absolute Gasteiger partial charge is 0.472 e. The predicted molar refractivity (Wildman–Crippen MR) is 94.7 cm³/mol. The van der Waals surface area contributed by atoms with Crippen LogP contribution in [0.25, 0.3) is 0 Å². The lowest BCUT2D eigenvalue weighted by Gasteiger charge is -2.29. The van der Waals surface area contributed by atoms with E-state index in [0.29, 0.717) is 35.3 Å². The molecule has 2 heterocycles. The molecule has 0 amide bonds. The third-order valence-corrected chi connectivity index (χ3v) is 6.25. The number of ether oxygens (including phenoxy) is 1. The van der Waals surface area contributed by atoms with Gasteiger partial charge >= 0.3 is 0 Å². The summed E-state index contributed by atoms with van der Waals surface area (Å²) in [6.07, 6.45) is 5.48. The summed E-state index contributed by atoms with van der Waals surface area (Å²) in [7, 11) is 0. The molecular formula is C19H20ClN3O2. The van der Waals surface area contributed by atoms with E-state index >= 15 is 0 Å². The number of nitrogens with zero attached hydrogens (tertiary/aromatic N) is 3. The molecule has 5 rings (SSSR count). The Balaban J connectivity index is 1.33. The zero-order chi connectivity index (χ0) is 17.0. The van der Waals surface area contributed by atoms with E-state index in [-0.39, 0.29) is 12.1 Å². The first kappa shape index (κ1) is 15.4. The van der Waals surface area contributed by atoms with E-state index in [9.17, 15) is 5.11 Å². The molecule has 2 aromatic rings. The molecular weight excluding hydrogens is 338 g/mol. The minimum atomic E-state index is -0.235. The molecule has 6 heteroatoms. The van der Waals surface area contributed by atoms with E-state index < -0.39 is 0 Å². The van der Waals surface area contributed by atoms with Gasteiger partial charge in [-0.05, 0) is 48.3 Å². The SMILES string of the molecule is OC1C2CC3CN(c4cncc(OCc5cccc(Cl)c5)n4)C1C3C2. The van der Waals surface area contributed by atoms with Crippen LogP contribution in [-0.4, -0.2) is 33.8 Å². The summed E-state index contributed by atoms with van der Waals surface area (Å²) in [6.45, 7) is 1.37. The molecule has 1 aliphatic heterocycles. The lowest BCUT2D eigenvalue weighted by Crippen LogP contribution is -2.41. The molecule has 3 aliphatic rings. The smallest absolute Gasteiger partial charge is 0.234 e. The van der Waals surface area contributed by atoms with Gasteiger partial charge in [-0.2, -0.15) is 4.98 Å². The van der Waals surface area contributed by atoms with Gasteiger partial charge in [-0.15, -0.1) is 0 Å². The van der Waals surface area contributed by atoms with Crippen molar-refractivity contribution >= 4 is 17.4 Å². The van der Waals surface area contributed by atoms with Crippen LogP contribution in [0, 0.1) is 17.8 Å². The average Bonchev–Trinajstić information content (AvgIpc) is 3.23. The summed E-state index contributed by atoms with van der Waals surface area (Å²) in [5, 5.41) is 11.2. The summed E-state index contributed by atoms with van der Waals surface area (Å²) in [5.74, 6) is 3.08. The van der Waals surface area contributed by atoms with Crippen molar-refractivity contribution in [3.05, 3.63) is 47.2 Å². The number of aromatic nitrogens is 2. The number of aliphatic hydroxyl groups excluding tert-OH is 1. The summed E-state index contributed by atoms with van der Waals surface area (Å²) in [4.78, 5) is 11.2. The lowest BCUT2D eigenvalue weighted by atomic mass is 9.88. The zero-order valence-electron chi connectivity index (χ0n) is 13.8. The van der Waals surface area contributed by atoms with Gasteiger partial charge in [0.25, 0.3) is 0 Å². The first-order valence-electron chi connectivity index (χ1n) is 8.83. The number of hydrogen-bond donors (Lipinski definition) is 1. The van der Waals surface area contributed by atoms with E-state index in [0.717, 1.165) is 30.8 Å². The van der Waals surface area contributed by atoms with Crippen LogP contribution in [0.5, 0.6) is 5.88 Å². The number of aliphatic hydroxyl groups is 1. The summed E-state index contributed by atoms with van der Waals surface area (Å²) in [5.41, 5.74) is 0.993. The van der Waals surface area contributed by atoms with Crippen molar-refractivity contribution in [2.24, 2.45) is 17.8 Å². The summed E-state index contributed by atoms with van der Waals surface area (Å²) < 4.78 is 5.80. The van der Waals surface area contributed by atoms with Gasteiger partial charge in [-0.1, -0.05) is 23.7 Å². The number of fused-ring (bicyclic) bond motifs is 1. The van der Waals surface area contributed by atoms with E-state index in [1.807, 2.05) is 24.3 Å². The number of benzene rings is 1. The molecule has 1 saturated heterocycles. The molecule has 130 valence electrons. The van der Waals surface area contributed by atoms with Crippen LogP contribution in [0.2, 0.25) is 5.02 Å². The van der Waals surface area contributed by atoms with Crippen LogP contribution in [-0.2, 0) is 6.61 Å². The van der Waals surface area contributed by atoms with Crippen molar-refractivity contribution in [2.45, 2.75) is 31.6 Å². The van der Waals surface area contributed by atoms with Crippen LogP contribution >= 0.6 is 11.6 Å². The molecule has 1 N–H and O–H groups in total. The molecule has 0 spiro atoms. The minimum Gasteiger partial charge on any atom is -0.472 e. The molecule has 1 aromatic carbocycles. The van der Waals surface area contributed by atoms with Crippen LogP contribution in [0.3, 0.4) is 0 Å². The van der Waals surface area contributed by atoms with E-state index in [2.05, 4.69) is 14.9 Å². The van der Waals surface area contributed by atoms with Gasteiger partial charge < -0.3 is 14.7 Å². The lowest BCUT2D eigenvalue weighted by molar-refractivity contribution is 0.0965. The molecule has 5 atom stereocenters. The Morgan fingerprint density at radius 2 is 2.16 bits per heavy atom. The van der Waals surface area contributed by atoms with E-state index in [1.165, 1.54) is 0 Å². The summed E-state index contributed by atoms with van der Waals surface area (Å²) in [6, 6.07) is 7.79. The fraction of sp³-hybridized carbons (Fsp3) is 0.474. The Morgan fingerprint density at radius 3 is 3.00 bits per heavy atom. The number of rotatable bonds is 4. The van der Waals surface area contributed by atoms with Gasteiger partial charge in [0.2, 0.25) is 5.88 Å². The molecule has 2 saturated carbocycles. The van der Waals surface area contributed by atoms with Crippen molar-refractivity contribution in [2.75, 3.05) is 11.4 Å². The van der Waals surface area contributed by atoms with Crippen molar-refractivity contribution in [3.63, 3.8) is 0 Å². The maximum Gasteiger partial charge on any atom is 0.234 e. The van der Waals surface area contributed by atoms with Crippen molar-refractivity contribution in [1.82, 2.24) is 9.97 Å². The van der Waals surface area contributed by atoms with E-state index in [4.69, 9.17) is 16.3 Å². The van der Waals surface area contributed by atoms with Crippen LogP contribution in [0.1, 0.15) is 18.4 Å². The first-order valence-corrected chi connectivity index (χ1v) is 9.21. The highest BCUT2D eigenvalue weighted by Gasteiger charge is 2.59. The Hall–Kier alpha value is -1.85. The Bertz CT molecular complexity index is 800. The average molecular weight is 358 g/mol. The Kier molecular flexibility index (Phi) is 3.61. The normalized spacial score (nSPS) is 32.4. The van der Waals surface area contributed by atoms with Crippen LogP contribution < -0.4 is 9.64 Å². The second-order valence-corrected chi connectivity index (χ2v) is 7.86. The van der Waals surface area contributed by atoms with Gasteiger partial charge in [0, 0.05) is 11.6 Å². The first-order chi connectivity index (χ1) is 12.2. The Labute approximate surface area is 151 Å².